The van der Waals surface area contributed by atoms with Crippen molar-refractivity contribution in [1.29, 1.82) is 0 Å². The molecule has 1 aliphatic carbocycles. The van der Waals surface area contributed by atoms with Crippen LogP contribution in [0.25, 0.3) is 21.8 Å². The molecule has 0 spiro atoms. The predicted octanol–water partition coefficient (Wildman–Crippen LogP) is 4.89. The highest BCUT2D eigenvalue weighted by atomic mass is 32.1. The van der Waals surface area contributed by atoms with Gasteiger partial charge in [-0.2, -0.15) is 0 Å². The zero-order chi connectivity index (χ0) is 18.1. The lowest BCUT2D eigenvalue weighted by molar-refractivity contribution is -0.122. The molecule has 1 aromatic carbocycles. The van der Waals surface area contributed by atoms with Crippen molar-refractivity contribution in [3.05, 3.63) is 53.7 Å². The van der Waals surface area contributed by atoms with Gasteiger partial charge < -0.3 is 5.32 Å². The van der Waals surface area contributed by atoms with Crippen LogP contribution in [0.2, 0.25) is 0 Å². The first-order valence-electron chi connectivity index (χ1n) is 8.27. The van der Waals surface area contributed by atoms with Gasteiger partial charge in [-0.05, 0) is 37.1 Å². The van der Waals surface area contributed by atoms with Crippen molar-refractivity contribution in [2.45, 2.75) is 19.3 Å². The number of nitrogens with zero attached hydrogens (tertiary/aromatic N) is 2. The number of halogens is 2. The summed E-state index contributed by atoms with van der Waals surface area (Å²) in [6.07, 6.45) is 6.12. The number of thiophene rings is 1. The van der Waals surface area contributed by atoms with E-state index in [2.05, 4.69) is 15.3 Å². The molecule has 4 nitrogen and oxygen atoms in total. The number of aromatic nitrogens is 2. The molecule has 26 heavy (non-hydrogen) atoms. The van der Waals surface area contributed by atoms with Gasteiger partial charge in [0.1, 0.15) is 0 Å². The zero-order valence-electron chi connectivity index (χ0n) is 13.7. The molecule has 0 unspecified atom stereocenters. The van der Waals surface area contributed by atoms with Crippen LogP contribution in [0.5, 0.6) is 0 Å². The van der Waals surface area contributed by atoms with Crippen molar-refractivity contribution in [3.8, 4) is 21.8 Å². The molecular formula is C19H15F2N3OS. The van der Waals surface area contributed by atoms with E-state index in [4.69, 9.17) is 0 Å². The van der Waals surface area contributed by atoms with Gasteiger partial charge in [0.05, 0.1) is 34.3 Å². The lowest BCUT2D eigenvalue weighted by atomic mass is 9.85. The molecule has 3 aromatic rings. The van der Waals surface area contributed by atoms with Crippen molar-refractivity contribution in [1.82, 2.24) is 9.97 Å². The average molecular weight is 371 g/mol. The summed E-state index contributed by atoms with van der Waals surface area (Å²) in [5.41, 5.74) is 2.26. The Hall–Kier alpha value is -2.67. The summed E-state index contributed by atoms with van der Waals surface area (Å²) in [6, 6.07) is 5.48. The number of anilines is 1. The number of carbonyl (C=O) groups excluding carboxylic acids is 1. The minimum absolute atomic E-state index is 0.0576. The minimum Gasteiger partial charge on any atom is -0.325 e. The fourth-order valence-electron chi connectivity index (χ4n) is 2.73. The Morgan fingerprint density at radius 1 is 1.12 bits per heavy atom. The molecule has 0 radical (unpaired) electrons. The number of rotatable bonds is 4. The molecule has 4 rings (SSSR count). The maximum absolute atomic E-state index is 13.5. The maximum Gasteiger partial charge on any atom is 0.227 e. The fourth-order valence-corrected chi connectivity index (χ4v) is 3.53. The quantitative estimate of drug-likeness (QED) is 0.710. The molecule has 1 aliphatic rings. The Balaban J connectivity index is 1.56. The van der Waals surface area contributed by atoms with Crippen molar-refractivity contribution < 1.29 is 13.6 Å². The van der Waals surface area contributed by atoms with E-state index in [0.717, 1.165) is 42.0 Å². The number of hydrogen-bond acceptors (Lipinski definition) is 4. The van der Waals surface area contributed by atoms with Crippen molar-refractivity contribution in [2.75, 3.05) is 5.32 Å². The van der Waals surface area contributed by atoms with Crippen LogP contribution in [-0.2, 0) is 4.79 Å². The van der Waals surface area contributed by atoms with Gasteiger partial charge in [0.15, 0.2) is 11.6 Å². The molecule has 0 bridgehead atoms. The van der Waals surface area contributed by atoms with Crippen LogP contribution < -0.4 is 5.32 Å². The summed E-state index contributed by atoms with van der Waals surface area (Å²) in [5, 5.41) is 4.78. The Morgan fingerprint density at radius 3 is 2.65 bits per heavy atom. The third-order valence-corrected chi connectivity index (χ3v) is 5.40. The maximum atomic E-state index is 13.5. The van der Waals surface area contributed by atoms with Gasteiger partial charge >= 0.3 is 0 Å². The second-order valence-corrected chi connectivity index (χ2v) is 7.15. The van der Waals surface area contributed by atoms with Gasteiger partial charge in [-0.1, -0.05) is 6.42 Å². The van der Waals surface area contributed by atoms with Crippen molar-refractivity contribution >= 4 is 22.9 Å². The first-order chi connectivity index (χ1) is 12.6. The van der Waals surface area contributed by atoms with Crippen LogP contribution in [0.15, 0.2) is 42.0 Å². The average Bonchev–Trinajstić information content (AvgIpc) is 3.04. The van der Waals surface area contributed by atoms with E-state index in [1.807, 2.05) is 11.4 Å². The van der Waals surface area contributed by atoms with E-state index < -0.39 is 11.6 Å². The van der Waals surface area contributed by atoms with Crippen molar-refractivity contribution in [3.63, 3.8) is 0 Å². The Morgan fingerprint density at radius 2 is 1.92 bits per heavy atom. The van der Waals surface area contributed by atoms with Crippen LogP contribution in [-0.4, -0.2) is 15.9 Å². The van der Waals surface area contributed by atoms with E-state index in [1.165, 1.54) is 23.6 Å². The summed E-state index contributed by atoms with van der Waals surface area (Å²) >= 11 is 1.44. The Kier molecular flexibility index (Phi) is 4.46. The Labute approximate surface area is 152 Å². The summed E-state index contributed by atoms with van der Waals surface area (Å²) in [7, 11) is 0. The first kappa shape index (κ1) is 16.8. The van der Waals surface area contributed by atoms with Gasteiger partial charge in [-0.25, -0.2) is 13.8 Å². The Bertz CT molecular complexity index is 969. The molecular weight excluding hydrogens is 356 g/mol. The summed E-state index contributed by atoms with van der Waals surface area (Å²) < 4.78 is 26.6. The lowest BCUT2D eigenvalue weighted by Crippen LogP contribution is -2.27. The summed E-state index contributed by atoms with van der Waals surface area (Å²) in [5.74, 6) is -1.65. The van der Waals surface area contributed by atoms with Crippen LogP contribution in [0, 0.1) is 17.6 Å². The number of hydrogen-bond donors (Lipinski definition) is 1. The largest absolute Gasteiger partial charge is 0.325 e. The molecule has 132 valence electrons. The molecule has 1 N–H and O–H groups in total. The number of benzene rings is 1. The molecule has 1 amide bonds. The number of nitrogens with one attached hydrogen (secondary N) is 1. The normalized spacial score (nSPS) is 14.1. The summed E-state index contributed by atoms with van der Waals surface area (Å²) in [4.78, 5) is 21.5. The molecule has 0 aliphatic heterocycles. The highest BCUT2D eigenvalue weighted by molar-refractivity contribution is 7.14. The SMILES string of the molecule is O=C(Nc1csc(-c2cncc(-c3ccc(F)c(F)c3)n2)c1)C1CCC1. The van der Waals surface area contributed by atoms with E-state index in [0.29, 0.717) is 17.0 Å². The third kappa shape index (κ3) is 3.35. The highest BCUT2D eigenvalue weighted by Crippen LogP contribution is 2.32. The number of carbonyl (C=O) groups is 1. The molecule has 2 heterocycles. The summed E-state index contributed by atoms with van der Waals surface area (Å²) in [6.45, 7) is 0. The molecule has 2 aromatic heterocycles. The molecule has 0 atom stereocenters. The van der Waals surface area contributed by atoms with Crippen LogP contribution in [0.1, 0.15) is 19.3 Å². The third-order valence-electron chi connectivity index (χ3n) is 4.45. The highest BCUT2D eigenvalue weighted by Gasteiger charge is 2.25. The standard InChI is InChI=1S/C19H15F2N3OS/c20-14-5-4-12(6-15(14)21)16-8-22-9-17(24-16)18-7-13(10-26-18)23-19(25)11-2-1-3-11/h4-11H,1-3H2,(H,23,25). The topological polar surface area (TPSA) is 54.9 Å². The van der Waals surface area contributed by atoms with Gasteiger partial charge in [0.25, 0.3) is 0 Å². The predicted molar refractivity (Wildman–Crippen MR) is 96.7 cm³/mol. The van der Waals surface area contributed by atoms with E-state index in [1.54, 1.807) is 6.20 Å². The second-order valence-electron chi connectivity index (χ2n) is 6.24. The van der Waals surface area contributed by atoms with Gasteiger partial charge in [0.2, 0.25) is 5.91 Å². The molecule has 0 saturated heterocycles. The first-order valence-corrected chi connectivity index (χ1v) is 9.15. The van der Waals surface area contributed by atoms with E-state index in [9.17, 15) is 13.6 Å². The smallest absolute Gasteiger partial charge is 0.227 e. The monoisotopic (exact) mass is 371 g/mol. The lowest BCUT2D eigenvalue weighted by Gasteiger charge is -2.23. The van der Waals surface area contributed by atoms with Crippen molar-refractivity contribution in [2.24, 2.45) is 5.92 Å². The molecule has 7 heteroatoms. The van der Waals surface area contributed by atoms with Crippen LogP contribution >= 0.6 is 11.3 Å². The molecule has 1 fully saturated rings. The van der Waals surface area contributed by atoms with E-state index >= 15 is 0 Å². The van der Waals surface area contributed by atoms with Gasteiger partial charge in [0, 0.05) is 16.9 Å². The molecule has 1 saturated carbocycles. The van der Waals surface area contributed by atoms with E-state index in [-0.39, 0.29) is 11.8 Å². The zero-order valence-corrected chi connectivity index (χ0v) is 14.5. The van der Waals surface area contributed by atoms with Crippen LogP contribution in [0.3, 0.4) is 0 Å². The fraction of sp³-hybridized carbons (Fsp3) is 0.211. The minimum atomic E-state index is -0.924. The van der Waals surface area contributed by atoms with Crippen LogP contribution in [0.4, 0.5) is 14.5 Å². The van der Waals surface area contributed by atoms with Gasteiger partial charge in [-0.3, -0.25) is 9.78 Å². The second kappa shape index (κ2) is 6.92. The van der Waals surface area contributed by atoms with Gasteiger partial charge in [-0.15, -0.1) is 11.3 Å². The number of amides is 1.